The molecule has 1 aromatic rings. The van der Waals surface area contributed by atoms with E-state index in [9.17, 15) is 4.79 Å². The Hall–Kier alpha value is -1.44. The van der Waals surface area contributed by atoms with Crippen LogP contribution in [0.4, 0.5) is 0 Å². The van der Waals surface area contributed by atoms with Crippen molar-refractivity contribution >= 4 is 5.91 Å². The lowest BCUT2D eigenvalue weighted by atomic mass is 10.2. The van der Waals surface area contributed by atoms with Gasteiger partial charge >= 0.3 is 0 Å². The molecule has 2 rings (SSSR count). The zero-order valence-corrected chi connectivity index (χ0v) is 13.4. The first-order valence-corrected chi connectivity index (χ1v) is 7.95. The number of aliphatic hydroxyl groups is 1. The second kappa shape index (κ2) is 8.26. The van der Waals surface area contributed by atoms with E-state index in [1.807, 2.05) is 0 Å². The average Bonchev–Trinajstić information content (AvgIpc) is 2.96. The molecule has 22 heavy (non-hydrogen) atoms. The van der Waals surface area contributed by atoms with Gasteiger partial charge in [-0.2, -0.15) is 0 Å². The minimum absolute atomic E-state index is 0.258. The summed E-state index contributed by atoms with van der Waals surface area (Å²) in [5.74, 6) is 0.456. The molecule has 0 unspecified atom stereocenters. The Morgan fingerprint density at radius 2 is 2.09 bits per heavy atom. The minimum atomic E-state index is -0.421. The number of amides is 1. The van der Waals surface area contributed by atoms with Crippen LogP contribution in [-0.4, -0.2) is 71.3 Å². The molecule has 1 atom stereocenters. The molecule has 124 valence electrons. The second-order valence-electron chi connectivity index (χ2n) is 5.78. The lowest BCUT2D eigenvalue weighted by molar-refractivity contribution is 0.0936. The molecule has 1 fully saturated rings. The lowest BCUT2D eigenvalue weighted by Gasteiger charge is -2.33. The SMILES string of the molecule is CCN1CCN(Cc2cc(C(=O)NCC[C@@H](C)O)no2)CC1. The van der Waals surface area contributed by atoms with Crippen molar-refractivity contribution in [1.29, 1.82) is 0 Å². The molecular formula is C15H26N4O3. The standard InChI is InChI=1S/C15H26N4O3/c1-3-18-6-8-19(9-7-18)11-13-10-14(17-22-13)15(21)16-5-4-12(2)20/h10,12,20H,3-9,11H2,1-2H3,(H,16,21)/t12-/m1/s1. The molecule has 7 nitrogen and oxygen atoms in total. The molecule has 7 heteroatoms. The third-order valence-corrected chi connectivity index (χ3v) is 3.93. The van der Waals surface area contributed by atoms with Gasteiger partial charge in [-0.1, -0.05) is 12.1 Å². The number of hydrogen-bond donors (Lipinski definition) is 2. The van der Waals surface area contributed by atoms with Crippen LogP contribution in [0.1, 0.15) is 36.5 Å². The average molecular weight is 310 g/mol. The molecule has 2 N–H and O–H groups in total. The van der Waals surface area contributed by atoms with E-state index in [0.717, 1.165) is 32.7 Å². The first-order chi connectivity index (χ1) is 10.6. The third-order valence-electron chi connectivity index (χ3n) is 3.93. The second-order valence-corrected chi connectivity index (χ2v) is 5.78. The van der Waals surface area contributed by atoms with E-state index in [0.29, 0.717) is 31.0 Å². The molecule has 0 aromatic carbocycles. The maximum atomic E-state index is 11.9. The van der Waals surface area contributed by atoms with Crippen molar-refractivity contribution in [3.05, 3.63) is 17.5 Å². The fourth-order valence-electron chi connectivity index (χ4n) is 2.46. The summed E-state index contributed by atoms with van der Waals surface area (Å²) in [4.78, 5) is 16.6. The van der Waals surface area contributed by atoms with Gasteiger partial charge < -0.3 is 19.8 Å². The zero-order chi connectivity index (χ0) is 15.9. The summed E-state index contributed by atoms with van der Waals surface area (Å²) in [5.41, 5.74) is 0.299. The highest BCUT2D eigenvalue weighted by Gasteiger charge is 2.18. The largest absolute Gasteiger partial charge is 0.393 e. The summed E-state index contributed by atoms with van der Waals surface area (Å²) in [6, 6.07) is 1.70. The van der Waals surface area contributed by atoms with Crippen molar-refractivity contribution in [3.63, 3.8) is 0 Å². The number of likely N-dealkylation sites (N-methyl/N-ethyl adjacent to an activating group) is 1. The maximum Gasteiger partial charge on any atom is 0.273 e. The van der Waals surface area contributed by atoms with E-state index in [4.69, 9.17) is 9.63 Å². The summed E-state index contributed by atoms with van der Waals surface area (Å²) < 4.78 is 5.25. The fraction of sp³-hybridized carbons (Fsp3) is 0.733. The minimum Gasteiger partial charge on any atom is -0.393 e. The quantitative estimate of drug-likeness (QED) is 0.754. The van der Waals surface area contributed by atoms with Gasteiger partial charge in [0.15, 0.2) is 11.5 Å². The Morgan fingerprint density at radius 1 is 1.41 bits per heavy atom. The van der Waals surface area contributed by atoms with Gasteiger partial charge in [0.05, 0.1) is 12.6 Å². The van der Waals surface area contributed by atoms with Crippen molar-refractivity contribution in [1.82, 2.24) is 20.3 Å². The van der Waals surface area contributed by atoms with Crippen LogP contribution in [0.5, 0.6) is 0 Å². The number of aromatic nitrogens is 1. The predicted molar refractivity (Wildman–Crippen MR) is 82.5 cm³/mol. The van der Waals surface area contributed by atoms with Gasteiger partial charge in [0, 0.05) is 38.8 Å². The number of nitrogens with one attached hydrogen (secondary N) is 1. The van der Waals surface area contributed by atoms with E-state index < -0.39 is 6.10 Å². The fourth-order valence-corrected chi connectivity index (χ4v) is 2.46. The predicted octanol–water partition coefficient (Wildman–Crippen LogP) is 0.313. The highest BCUT2D eigenvalue weighted by Crippen LogP contribution is 2.10. The number of hydrogen-bond acceptors (Lipinski definition) is 6. The van der Waals surface area contributed by atoms with Gasteiger partial charge in [-0.3, -0.25) is 9.69 Å². The van der Waals surface area contributed by atoms with Crippen LogP contribution < -0.4 is 5.32 Å². The van der Waals surface area contributed by atoms with Gasteiger partial charge in [0.1, 0.15) is 0 Å². The Kier molecular flexibility index (Phi) is 6.35. The molecule has 2 heterocycles. The molecular weight excluding hydrogens is 284 g/mol. The molecule has 1 saturated heterocycles. The zero-order valence-electron chi connectivity index (χ0n) is 13.4. The summed E-state index contributed by atoms with van der Waals surface area (Å²) in [7, 11) is 0. The van der Waals surface area contributed by atoms with Gasteiger partial charge in [0.2, 0.25) is 0 Å². The molecule has 0 saturated carbocycles. The Morgan fingerprint density at radius 3 is 2.73 bits per heavy atom. The first kappa shape index (κ1) is 16.9. The van der Waals surface area contributed by atoms with Crippen molar-refractivity contribution in [2.24, 2.45) is 0 Å². The number of rotatable bonds is 7. The summed E-state index contributed by atoms with van der Waals surface area (Å²) in [6.07, 6.45) is 0.105. The first-order valence-electron chi connectivity index (χ1n) is 7.95. The van der Waals surface area contributed by atoms with E-state index in [1.165, 1.54) is 0 Å². The normalized spacial score (nSPS) is 18.3. The summed E-state index contributed by atoms with van der Waals surface area (Å²) in [5, 5.41) is 15.7. The molecule has 1 aliphatic heterocycles. The van der Waals surface area contributed by atoms with Crippen LogP contribution in [-0.2, 0) is 6.54 Å². The lowest BCUT2D eigenvalue weighted by Crippen LogP contribution is -2.45. The summed E-state index contributed by atoms with van der Waals surface area (Å²) >= 11 is 0. The number of nitrogens with zero attached hydrogens (tertiary/aromatic N) is 3. The van der Waals surface area contributed by atoms with Crippen LogP contribution in [0.25, 0.3) is 0 Å². The van der Waals surface area contributed by atoms with Crippen LogP contribution in [0.15, 0.2) is 10.6 Å². The van der Waals surface area contributed by atoms with Crippen LogP contribution in [0.3, 0.4) is 0 Å². The van der Waals surface area contributed by atoms with Gasteiger partial charge in [-0.05, 0) is 19.9 Å². The van der Waals surface area contributed by atoms with Gasteiger partial charge in [0.25, 0.3) is 5.91 Å². The Labute approximate surface area is 131 Å². The van der Waals surface area contributed by atoms with Gasteiger partial charge in [-0.15, -0.1) is 0 Å². The van der Waals surface area contributed by atoms with Crippen molar-refractivity contribution in [3.8, 4) is 0 Å². The van der Waals surface area contributed by atoms with E-state index >= 15 is 0 Å². The number of aliphatic hydroxyl groups excluding tert-OH is 1. The molecule has 1 aliphatic rings. The van der Waals surface area contributed by atoms with E-state index in [1.54, 1.807) is 13.0 Å². The topological polar surface area (TPSA) is 81.8 Å². The van der Waals surface area contributed by atoms with Crippen molar-refractivity contribution < 1.29 is 14.4 Å². The number of piperazine rings is 1. The monoisotopic (exact) mass is 310 g/mol. The molecule has 0 bridgehead atoms. The van der Waals surface area contributed by atoms with Crippen molar-refractivity contribution in [2.75, 3.05) is 39.3 Å². The smallest absolute Gasteiger partial charge is 0.273 e. The van der Waals surface area contributed by atoms with Crippen LogP contribution in [0, 0.1) is 0 Å². The van der Waals surface area contributed by atoms with Crippen LogP contribution in [0.2, 0.25) is 0 Å². The van der Waals surface area contributed by atoms with Gasteiger partial charge in [-0.25, -0.2) is 0 Å². The Balaban J connectivity index is 1.77. The van der Waals surface area contributed by atoms with Crippen LogP contribution >= 0.6 is 0 Å². The molecule has 1 aromatic heterocycles. The van der Waals surface area contributed by atoms with E-state index in [2.05, 4.69) is 27.2 Å². The Bertz CT molecular complexity index is 467. The molecule has 0 spiro atoms. The third kappa shape index (κ3) is 5.08. The highest BCUT2D eigenvalue weighted by atomic mass is 16.5. The number of carbonyl (C=O) groups excluding carboxylic acids is 1. The molecule has 1 amide bonds. The molecule has 0 aliphatic carbocycles. The molecule has 0 radical (unpaired) electrons. The van der Waals surface area contributed by atoms with E-state index in [-0.39, 0.29) is 5.91 Å². The maximum absolute atomic E-state index is 11.9. The number of carbonyl (C=O) groups is 1. The highest BCUT2D eigenvalue weighted by molar-refractivity contribution is 5.92. The summed E-state index contributed by atoms with van der Waals surface area (Å²) in [6.45, 7) is 10.2. The van der Waals surface area contributed by atoms with Crippen molar-refractivity contribution in [2.45, 2.75) is 32.9 Å².